The van der Waals surface area contributed by atoms with E-state index in [0.717, 1.165) is 4.91 Å². The molecular formula is C8H12OS. The van der Waals surface area contributed by atoms with E-state index in [9.17, 15) is 0 Å². The highest BCUT2D eigenvalue weighted by molar-refractivity contribution is 7.84. The van der Waals surface area contributed by atoms with Gasteiger partial charge in [-0.2, -0.15) is 0 Å². The standard InChI is InChI=1S/C8H12OS/c1-3-5-8(10)6-4-7-9-2/h3-7,10H,1-2H3/b5-3-,7-4+,8-6+. The van der Waals surface area contributed by atoms with E-state index in [2.05, 4.69) is 17.4 Å². The van der Waals surface area contributed by atoms with Gasteiger partial charge in [0.15, 0.2) is 0 Å². The van der Waals surface area contributed by atoms with Gasteiger partial charge in [-0.05, 0) is 19.1 Å². The van der Waals surface area contributed by atoms with Gasteiger partial charge in [-0.3, -0.25) is 0 Å². The molecule has 0 aliphatic heterocycles. The largest absolute Gasteiger partial charge is 0.504 e. The normalized spacial score (nSPS) is 13.3. The van der Waals surface area contributed by atoms with Crippen molar-refractivity contribution in [3.05, 3.63) is 35.5 Å². The number of thiol groups is 1. The summed E-state index contributed by atoms with van der Waals surface area (Å²) < 4.78 is 4.69. The van der Waals surface area contributed by atoms with Crippen LogP contribution in [0.25, 0.3) is 0 Å². The van der Waals surface area contributed by atoms with Crippen molar-refractivity contribution in [3.8, 4) is 0 Å². The zero-order chi connectivity index (χ0) is 7.82. The van der Waals surface area contributed by atoms with E-state index in [-0.39, 0.29) is 0 Å². The van der Waals surface area contributed by atoms with Gasteiger partial charge in [-0.15, -0.1) is 12.6 Å². The molecule has 0 unspecified atom stereocenters. The van der Waals surface area contributed by atoms with Gasteiger partial charge in [0.05, 0.1) is 13.4 Å². The van der Waals surface area contributed by atoms with Gasteiger partial charge in [0.1, 0.15) is 0 Å². The average Bonchev–Trinajstić information content (AvgIpc) is 1.89. The molecule has 0 N–H and O–H groups in total. The molecule has 0 bridgehead atoms. The lowest BCUT2D eigenvalue weighted by atomic mass is 10.4. The second-order valence-electron chi connectivity index (χ2n) is 1.66. The van der Waals surface area contributed by atoms with Crippen molar-refractivity contribution < 1.29 is 4.74 Å². The average molecular weight is 156 g/mol. The molecule has 0 aliphatic rings. The summed E-state index contributed by atoms with van der Waals surface area (Å²) in [6.45, 7) is 1.95. The zero-order valence-electron chi connectivity index (χ0n) is 6.24. The molecule has 0 aromatic rings. The second-order valence-corrected chi connectivity index (χ2v) is 2.17. The molecule has 0 fully saturated rings. The SMILES string of the molecule is C\C=C/C(S)=C\C=C\OC. The summed E-state index contributed by atoms with van der Waals surface area (Å²) in [4.78, 5) is 0.913. The Morgan fingerprint density at radius 1 is 1.50 bits per heavy atom. The number of allylic oxidation sites excluding steroid dienone is 4. The Kier molecular flexibility index (Phi) is 6.08. The van der Waals surface area contributed by atoms with Crippen molar-refractivity contribution >= 4 is 12.6 Å². The molecule has 1 nitrogen and oxygen atoms in total. The molecule has 56 valence electrons. The smallest absolute Gasteiger partial charge is 0.0824 e. The van der Waals surface area contributed by atoms with Crippen LogP contribution in [0.4, 0.5) is 0 Å². The summed E-state index contributed by atoms with van der Waals surface area (Å²) in [5.41, 5.74) is 0. The Bertz CT molecular complexity index is 157. The van der Waals surface area contributed by atoms with E-state index >= 15 is 0 Å². The van der Waals surface area contributed by atoms with E-state index in [1.165, 1.54) is 0 Å². The Hall–Kier alpha value is -0.630. The van der Waals surface area contributed by atoms with E-state index in [0.29, 0.717) is 0 Å². The minimum Gasteiger partial charge on any atom is -0.504 e. The van der Waals surface area contributed by atoms with Crippen LogP contribution in [-0.2, 0) is 4.74 Å². The van der Waals surface area contributed by atoms with E-state index in [1.54, 1.807) is 19.4 Å². The summed E-state index contributed by atoms with van der Waals surface area (Å²) in [6.07, 6.45) is 9.08. The van der Waals surface area contributed by atoms with Crippen molar-refractivity contribution in [3.63, 3.8) is 0 Å². The van der Waals surface area contributed by atoms with E-state index < -0.39 is 0 Å². The summed E-state index contributed by atoms with van der Waals surface area (Å²) in [5, 5.41) is 0. The first-order valence-corrected chi connectivity index (χ1v) is 3.47. The maximum atomic E-state index is 4.69. The molecule has 0 saturated heterocycles. The zero-order valence-corrected chi connectivity index (χ0v) is 7.14. The van der Waals surface area contributed by atoms with Crippen LogP contribution in [0, 0.1) is 0 Å². The molecule has 2 heteroatoms. The van der Waals surface area contributed by atoms with Crippen LogP contribution in [0.3, 0.4) is 0 Å². The molecule has 0 heterocycles. The molecule has 0 aromatic carbocycles. The summed E-state index contributed by atoms with van der Waals surface area (Å²) >= 11 is 4.15. The van der Waals surface area contributed by atoms with Gasteiger partial charge in [-0.25, -0.2) is 0 Å². The highest BCUT2D eigenvalue weighted by Crippen LogP contribution is 2.01. The summed E-state index contributed by atoms with van der Waals surface area (Å²) in [5.74, 6) is 0. The molecule has 0 aliphatic carbocycles. The number of hydrogen-bond donors (Lipinski definition) is 1. The third kappa shape index (κ3) is 5.51. The number of rotatable bonds is 3. The van der Waals surface area contributed by atoms with Crippen LogP contribution < -0.4 is 0 Å². The molecule has 0 rings (SSSR count). The fraction of sp³-hybridized carbons (Fsp3) is 0.250. The molecule has 0 atom stereocenters. The minimum atomic E-state index is 0.913. The predicted octanol–water partition coefficient (Wildman–Crippen LogP) is 2.54. The van der Waals surface area contributed by atoms with Gasteiger partial charge in [0.25, 0.3) is 0 Å². The molecule has 0 spiro atoms. The highest BCUT2D eigenvalue weighted by Gasteiger charge is 1.75. The summed E-state index contributed by atoms with van der Waals surface area (Å²) in [6, 6.07) is 0. The first-order chi connectivity index (χ1) is 4.81. The maximum Gasteiger partial charge on any atom is 0.0824 e. The minimum absolute atomic E-state index is 0.913. The predicted molar refractivity (Wildman–Crippen MR) is 48.0 cm³/mol. The molecule has 0 saturated carbocycles. The maximum absolute atomic E-state index is 4.69. The number of methoxy groups -OCH3 is 1. The lowest BCUT2D eigenvalue weighted by Gasteiger charge is -1.85. The van der Waals surface area contributed by atoms with Crippen LogP contribution >= 0.6 is 12.6 Å². The van der Waals surface area contributed by atoms with Crippen LogP contribution in [-0.4, -0.2) is 7.11 Å². The van der Waals surface area contributed by atoms with Crippen molar-refractivity contribution in [1.82, 2.24) is 0 Å². The third-order valence-corrected chi connectivity index (χ3v) is 1.12. The first-order valence-electron chi connectivity index (χ1n) is 3.02. The molecule has 0 radical (unpaired) electrons. The molecular weight excluding hydrogens is 144 g/mol. The van der Waals surface area contributed by atoms with Crippen LogP contribution in [0.2, 0.25) is 0 Å². The fourth-order valence-electron chi connectivity index (χ4n) is 0.443. The van der Waals surface area contributed by atoms with Crippen LogP contribution in [0.1, 0.15) is 6.92 Å². The Balaban J connectivity index is 3.79. The summed E-state index contributed by atoms with van der Waals surface area (Å²) in [7, 11) is 1.61. The van der Waals surface area contributed by atoms with Gasteiger partial charge >= 0.3 is 0 Å². The van der Waals surface area contributed by atoms with Crippen LogP contribution in [0.5, 0.6) is 0 Å². The van der Waals surface area contributed by atoms with Gasteiger partial charge < -0.3 is 4.74 Å². The quantitative estimate of drug-likeness (QED) is 0.375. The number of hydrogen-bond acceptors (Lipinski definition) is 2. The lowest BCUT2D eigenvalue weighted by molar-refractivity contribution is 0.338. The topological polar surface area (TPSA) is 9.23 Å². The van der Waals surface area contributed by atoms with Crippen LogP contribution in [0.15, 0.2) is 35.5 Å². The van der Waals surface area contributed by atoms with E-state index in [4.69, 9.17) is 0 Å². The van der Waals surface area contributed by atoms with Gasteiger partial charge in [0.2, 0.25) is 0 Å². The van der Waals surface area contributed by atoms with Gasteiger partial charge in [-0.1, -0.05) is 12.2 Å². The number of ether oxygens (including phenoxy) is 1. The van der Waals surface area contributed by atoms with Crippen molar-refractivity contribution in [2.45, 2.75) is 6.92 Å². The van der Waals surface area contributed by atoms with E-state index in [1.807, 2.05) is 25.2 Å². The monoisotopic (exact) mass is 156 g/mol. The lowest BCUT2D eigenvalue weighted by Crippen LogP contribution is -1.63. The first kappa shape index (κ1) is 9.37. The van der Waals surface area contributed by atoms with Crippen molar-refractivity contribution in [1.29, 1.82) is 0 Å². The molecule has 0 aromatic heterocycles. The molecule has 10 heavy (non-hydrogen) atoms. The second kappa shape index (κ2) is 6.49. The van der Waals surface area contributed by atoms with Crippen molar-refractivity contribution in [2.75, 3.05) is 7.11 Å². The third-order valence-electron chi connectivity index (χ3n) is 0.819. The van der Waals surface area contributed by atoms with Crippen molar-refractivity contribution in [2.24, 2.45) is 0 Å². The Morgan fingerprint density at radius 3 is 2.70 bits per heavy atom. The Labute approximate surface area is 67.5 Å². The Morgan fingerprint density at radius 2 is 2.20 bits per heavy atom. The van der Waals surface area contributed by atoms with Gasteiger partial charge in [0, 0.05) is 4.91 Å². The molecule has 0 amide bonds. The fourth-order valence-corrected chi connectivity index (χ4v) is 0.678. The highest BCUT2D eigenvalue weighted by atomic mass is 32.1.